The van der Waals surface area contributed by atoms with Crippen LogP contribution in [0.4, 0.5) is 17.1 Å². The summed E-state index contributed by atoms with van der Waals surface area (Å²) in [7, 11) is 0. The summed E-state index contributed by atoms with van der Waals surface area (Å²) in [4.78, 5) is 6.68. The molecule has 0 saturated carbocycles. The average Bonchev–Trinajstić information content (AvgIpc) is 3.28. The maximum atomic E-state index is 6.76. The lowest BCUT2D eigenvalue weighted by Gasteiger charge is -2.47. The van der Waals surface area contributed by atoms with Gasteiger partial charge in [-0.25, -0.2) is 0 Å². The molecule has 1 aliphatic carbocycles. The van der Waals surface area contributed by atoms with Gasteiger partial charge >= 0.3 is 0 Å². The van der Waals surface area contributed by atoms with Gasteiger partial charge in [0.05, 0.1) is 12.2 Å². The first-order valence-corrected chi connectivity index (χ1v) is 12.5. The lowest BCUT2D eigenvalue weighted by atomic mass is 9.87. The molecule has 1 aromatic carbocycles. The third kappa shape index (κ3) is 4.07. The summed E-state index contributed by atoms with van der Waals surface area (Å²) in [5.41, 5.74) is 7.42. The number of nitrogens with one attached hydrogen (secondary N) is 3. The number of nitrogens with zero attached hydrogens (tertiary/aromatic N) is 2. The van der Waals surface area contributed by atoms with Crippen LogP contribution in [-0.2, 0) is 0 Å². The Hall–Kier alpha value is -3.25. The summed E-state index contributed by atoms with van der Waals surface area (Å²) in [6.45, 7) is 6.18. The summed E-state index contributed by atoms with van der Waals surface area (Å²) in [5, 5.41) is 10.6. The van der Waals surface area contributed by atoms with Gasteiger partial charge in [-0.3, -0.25) is 4.98 Å². The number of fused-ring (bicyclic) bond motifs is 2. The fourth-order valence-electron chi connectivity index (χ4n) is 5.77. The molecule has 6 nitrogen and oxygen atoms in total. The van der Waals surface area contributed by atoms with Gasteiger partial charge in [-0.05, 0) is 68.3 Å². The van der Waals surface area contributed by atoms with Gasteiger partial charge in [-0.15, -0.1) is 0 Å². The molecule has 0 amide bonds. The van der Waals surface area contributed by atoms with Gasteiger partial charge in [-0.2, -0.15) is 0 Å². The Bertz CT molecular complexity index is 1150. The average molecular weight is 456 g/mol. The topological polar surface area (TPSA) is 61.5 Å². The van der Waals surface area contributed by atoms with E-state index in [4.69, 9.17) is 4.74 Å². The predicted molar refractivity (Wildman–Crippen MR) is 137 cm³/mol. The van der Waals surface area contributed by atoms with E-state index in [2.05, 4.69) is 69.3 Å². The van der Waals surface area contributed by atoms with E-state index < -0.39 is 0 Å². The largest absolute Gasteiger partial charge is 0.483 e. The molecular weight excluding hydrogens is 422 g/mol. The number of piperidine rings is 1. The number of anilines is 3. The Morgan fingerprint density at radius 2 is 2.00 bits per heavy atom. The first-order valence-electron chi connectivity index (χ1n) is 12.5. The third-order valence-corrected chi connectivity index (χ3v) is 7.63. The molecule has 1 spiro atoms. The van der Waals surface area contributed by atoms with E-state index in [1.54, 1.807) is 12.4 Å². The molecule has 1 aromatic heterocycles. The van der Waals surface area contributed by atoms with E-state index in [-0.39, 0.29) is 5.60 Å². The number of rotatable bonds is 5. The molecule has 3 aliphatic heterocycles. The molecule has 1 fully saturated rings. The summed E-state index contributed by atoms with van der Waals surface area (Å²) >= 11 is 0. The van der Waals surface area contributed by atoms with Crippen molar-refractivity contribution in [3.8, 4) is 5.75 Å². The van der Waals surface area contributed by atoms with Gasteiger partial charge in [-0.1, -0.05) is 12.2 Å². The van der Waals surface area contributed by atoms with Crippen molar-refractivity contribution in [2.45, 2.75) is 38.2 Å². The second-order valence-corrected chi connectivity index (χ2v) is 9.90. The summed E-state index contributed by atoms with van der Waals surface area (Å²) < 4.78 is 6.76. The molecule has 6 rings (SSSR count). The zero-order valence-corrected chi connectivity index (χ0v) is 19.8. The molecule has 4 heterocycles. The second-order valence-electron chi connectivity index (χ2n) is 9.90. The fraction of sp³-hybridized carbons (Fsp3) is 0.393. The van der Waals surface area contributed by atoms with Crippen molar-refractivity contribution < 1.29 is 4.74 Å². The minimum atomic E-state index is -0.120. The van der Waals surface area contributed by atoms with Crippen molar-refractivity contribution in [3.05, 3.63) is 77.9 Å². The van der Waals surface area contributed by atoms with E-state index in [1.807, 2.05) is 12.1 Å². The quantitative estimate of drug-likeness (QED) is 0.598. The van der Waals surface area contributed by atoms with Crippen LogP contribution in [0.2, 0.25) is 0 Å². The van der Waals surface area contributed by atoms with Crippen molar-refractivity contribution in [2.75, 3.05) is 36.4 Å². The highest BCUT2D eigenvalue weighted by Crippen LogP contribution is 2.43. The molecule has 1 atom stereocenters. The molecule has 4 aliphatic rings. The van der Waals surface area contributed by atoms with Crippen LogP contribution >= 0.6 is 0 Å². The Balaban J connectivity index is 1.24. The van der Waals surface area contributed by atoms with Crippen LogP contribution in [0.5, 0.6) is 5.75 Å². The highest BCUT2D eigenvalue weighted by atomic mass is 16.5. The molecule has 1 unspecified atom stereocenters. The van der Waals surface area contributed by atoms with Crippen LogP contribution in [0.15, 0.2) is 77.9 Å². The van der Waals surface area contributed by atoms with Gasteiger partial charge < -0.3 is 25.6 Å². The van der Waals surface area contributed by atoms with Crippen LogP contribution in [0.25, 0.3) is 0 Å². The van der Waals surface area contributed by atoms with E-state index in [0.717, 1.165) is 69.0 Å². The smallest absolute Gasteiger partial charge is 0.145 e. The van der Waals surface area contributed by atoms with Crippen LogP contribution < -0.4 is 25.6 Å². The number of ether oxygens (including phenoxy) is 1. The monoisotopic (exact) mass is 455 g/mol. The number of hydrogen-bond acceptors (Lipinski definition) is 6. The molecule has 34 heavy (non-hydrogen) atoms. The molecule has 0 radical (unpaired) electrons. The van der Waals surface area contributed by atoms with Crippen LogP contribution in [0, 0.1) is 5.92 Å². The minimum Gasteiger partial charge on any atom is -0.483 e. The molecule has 2 aromatic rings. The van der Waals surface area contributed by atoms with E-state index in [0.29, 0.717) is 5.92 Å². The lowest BCUT2D eigenvalue weighted by Crippen LogP contribution is -2.56. The van der Waals surface area contributed by atoms with Crippen molar-refractivity contribution >= 4 is 17.1 Å². The molecule has 1 saturated heterocycles. The lowest BCUT2D eigenvalue weighted by molar-refractivity contribution is 0.0350. The number of allylic oxidation sites excluding steroid dienone is 4. The number of benzene rings is 1. The number of hydrogen-bond donors (Lipinski definition) is 3. The Labute approximate surface area is 201 Å². The Morgan fingerprint density at radius 3 is 2.85 bits per heavy atom. The standard InChI is InChI=1S/C28H33N5O/c1-20-3-2-4-24-21(18-31-27(20)24)9-16-33-19-28(10-14-30-15-11-28)34-26-17-23(5-6-25(26)33)32-22-7-12-29-13-8-22/h2-3,5-8,12-13,17-18,24,30-31H,4,9-11,14-16,19H2,1H3,(H,29,32). The molecular formula is C28H33N5O. The van der Waals surface area contributed by atoms with E-state index >= 15 is 0 Å². The molecule has 0 bridgehead atoms. The van der Waals surface area contributed by atoms with Gasteiger partial charge in [0.1, 0.15) is 11.4 Å². The van der Waals surface area contributed by atoms with Gasteiger partial charge in [0, 0.05) is 67.0 Å². The maximum Gasteiger partial charge on any atom is 0.145 e. The van der Waals surface area contributed by atoms with E-state index in [1.165, 1.54) is 22.5 Å². The van der Waals surface area contributed by atoms with Crippen molar-refractivity contribution in [1.29, 1.82) is 0 Å². The van der Waals surface area contributed by atoms with Crippen LogP contribution in [-0.4, -0.2) is 36.8 Å². The fourth-order valence-corrected chi connectivity index (χ4v) is 5.77. The summed E-state index contributed by atoms with van der Waals surface area (Å²) in [5.74, 6) is 1.51. The maximum absolute atomic E-state index is 6.76. The third-order valence-electron chi connectivity index (χ3n) is 7.63. The zero-order chi connectivity index (χ0) is 23.0. The van der Waals surface area contributed by atoms with Crippen LogP contribution in [0.1, 0.15) is 32.6 Å². The first kappa shape index (κ1) is 21.3. The SMILES string of the molecule is CC1=C2NC=C(CCN3CC4(CCNCC4)Oc4cc(Nc5ccncc5)ccc43)C2CC=C1. The summed E-state index contributed by atoms with van der Waals surface area (Å²) in [6.07, 6.45) is 14.7. The Morgan fingerprint density at radius 1 is 1.15 bits per heavy atom. The van der Waals surface area contributed by atoms with Crippen LogP contribution in [0.3, 0.4) is 0 Å². The Kier molecular flexibility index (Phi) is 5.53. The van der Waals surface area contributed by atoms with Crippen molar-refractivity contribution in [2.24, 2.45) is 5.92 Å². The minimum absolute atomic E-state index is 0.120. The van der Waals surface area contributed by atoms with Crippen molar-refractivity contribution in [3.63, 3.8) is 0 Å². The van der Waals surface area contributed by atoms with Gasteiger partial charge in [0.2, 0.25) is 0 Å². The zero-order valence-electron chi connectivity index (χ0n) is 19.8. The molecule has 6 heteroatoms. The van der Waals surface area contributed by atoms with E-state index in [9.17, 15) is 0 Å². The normalized spacial score (nSPS) is 22.6. The number of pyridine rings is 1. The second kappa shape index (κ2) is 8.84. The first-order chi connectivity index (χ1) is 16.7. The highest BCUT2D eigenvalue weighted by Gasteiger charge is 2.41. The number of aromatic nitrogens is 1. The van der Waals surface area contributed by atoms with Gasteiger partial charge in [0.15, 0.2) is 0 Å². The predicted octanol–water partition coefficient (Wildman–Crippen LogP) is 4.87. The highest BCUT2D eigenvalue weighted by molar-refractivity contribution is 5.70. The molecule has 176 valence electrons. The van der Waals surface area contributed by atoms with Gasteiger partial charge in [0.25, 0.3) is 0 Å². The summed E-state index contributed by atoms with van der Waals surface area (Å²) in [6, 6.07) is 10.5. The van der Waals surface area contributed by atoms with Crippen molar-refractivity contribution in [1.82, 2.24) is 15.6 Å². The molecule has 3 N–H and O–H groups in total.